The first-order valence-corrected chi connectivity index (χ1v) is 11.5. The van der Waals surface area contributed by atoms with Gasteiger partial charge in [-0.05, 0) is 52.9 Å². The lowest BCUT2D eigenvalue weighted by atomic mass is 9.98. The van der Waals surface area contributed by atoms with Gasteiger partial charge in [0.1, 0.15) is 12.6 Å². The second-order valence-electron chi connectivity index (χ2n) is 8.07. The highest BCUT2D eigenvalue weighted by Gasteiger charge is 2.30. The van der Waals surface area contributed by atoms with Crippen LogP contribution < -0.4 is 10.6 Å². The number of hydrogen-bond acceptors (Lipinski definition) is 4. The predicted molar refractivity (Wildman–Crippen MR) is 132 cm³/mol. The third-order valence-electron chi connectivity index (χ3n) is 5.78. The number of ether oxygens (including phenoxy) is 1. The van der Waals surface area contributed by atoms with Crippen molar-refractivity contribution in [2.24, 2.45) is 0 Å². The molecule has 2 amide bonds. The van der Waals surface area contributed by atoms with Crippen molar-refractivity contribution in [2.45, 2.75) is 25.3 Å². The molecule has 1 aliphatic rings. The zero-order valence-corrected chi connectivity index (χ0v) is 20.0. The highest BCUT2D eigenvalue weighted by atomic mass is 79.9. The monoisotopic (exact) mass is 522 g/mol. The molecular weight excluding hydrogens is 500 g/mol. The maximum atomic E-state index is 12.8. The standard InChI is InChI=1S/C26H23BrN2O5/c1-15-12-16(27)10-11-22(15)28-25(32)23(13-24(30)31)29-26(33)34-14-21-19-8-4-2-6-17(19)18-7-3-5-9-20(18)21/h2-12,21,23H,13-14H2,1H3,(H,28,32)(H,29,33)(H,30,31). The van der Waals surface area contributed by atoms with Gasteiger partial charge in [0, 0.05) is 16.1 Å². The maximum Gasteiger partial charge on any atom is 0.407 e. The highest BCUT2D eigenvalue weighted by Crippen LogP contribution is 2.44. The molecule has 7 nitrogen and oxygen atoms in total. The number of alkyl carbamates (subject to hydrolysis) is 1. The number of anilines is 1. The molecule has 0 bridgehead atoms. The number of hydrogen-bond donors (Lipinski definition) is 3. The molecule has 3 aromatic rings. The zero-order valence-electron chi connectivity index (χ0n) is 18.4. The largest absolute Gasteiger partial charge is 0.481 e. The molecule has 0 saturated heterocycles. The van der Waals surface area contributed by atoms with Crippen LogP contribution in [0, 0.1) is 6.92 Å². The summed E-state index contributed by atoms with van der Waals surface area (Å²) in [7, 11) is 0. The maximum absolute atomic E-state index is 12.8. The van der Waals surface area contributed by atoms with E-state index in [4.69, 9.17) is 4.74 Å². The molecular formula is C26H23BrN2O5. The summed E-state index contributed by atoms with van der Waals surface area (Å²) in [5.74, 6) is -2.00. The zero-order chi connectivity index (χ0) is 24.2. The molecule has 0 saturated carbocycles. The molecule has 0 fully saturated rings. The number of rotatable bonds is 7. The summed E-state index contributed by atoms with van der Waals surface area (Å²) in [6.07, 6.45) is -1.43. The molecule has 0 spiro atoms. The van der Waals surface area contributed by atoms with Crippen molar-refractivity contribution in [3.05, 3.63) is 87.9 Å². The molecule has 0 heterocycles. The van der Waals surface area contributed by atoms with Gasteiger partial charge in [0.2, 0.25) is 5.91 Å². The molecule has 3 aromatic carbocycles. The van der Waals surface area contributed by atoms with Crippen LogP contribution in [0.5, 0.6) is 0 Å². The van der Waals surface area contributed by atoms with Crippen molar-refractivity contribution in [3.8, 4) is 11.1 Å². The Morgan fingerprint density at radius 2 is 1.62 bits per heavy atom. The van der Waals surface area contributed by atoms with Crippen molar-refractivity contribution in [1.82, 2.24) is 5.32 Å². The number of carboxylic acid groups (broad SMARTS) is 1. The summed E-state index contributed by atoms with van der Waals surface area (Å²) >= 11 is 3.36. The Balaban J connectivity index is 1.43. The summed E-state index contributed by atoms with van der Waals surface area (Å²) < 4.78 is 6.31. The second kappa shape index (κ2) is 10.1. The lowest BCUT2D eigenvalue weighted by Crippen LogP contribution is -2.45. The topological polar surface area (TPSA) is 105 Å². The van der Waals surface area contributed by atoms with Crippen LogP contribution in [-0.4, -0.2) is 35.7 Å². The lowest BCUT2D eigenvalue weighted by Gasteiger charge is -2.19. The molecule has 0 radical (unpaired) electrons. The quantitative estimate of drug-likeness (QED) is 0.401. The van der Waals surface area contributed by atoms with Gasteiger partial charge >= 0.3 is 12.1 Å². The van der Waals surface area contributed by atoms with Gasteiger partial charge in [0.05, 0.1) is 6.42 Å². The number of fused-ring (bicyclic) bond motifs is 3. The molecule has 3 N–H and O–H groups in total. The lowest BCUT2D eigenvalue weighted by molar-refractivity contribution is -0.139. The van der Waals surface area contributed by atoms with Crippen LogP contribution in [0.25, 0.3) is 11.1 Å². The minimum absolute atomic E-state index is 0.0626. The van der Waals surface area contributed by atoms with Gasteiger partial charge in [-0.2, -0.15) is 0 Å². The summed E-state index contributed by atoms with van der Waals surface area (Å²) in [5, 5.41) is 14.3. The van der Waals surface area contributed by atoms with E-state index in [1.807, 2.05) is 61.5 Å². The van der Waals surface area contributed by atoms with Crippen molar-refractivity contribution >= 4 is 39.6 Å². The first kappa shape index (κ1) is 23.5. The summed E-state index contributed by atoms with van der Waals surface area (Å²) in [4.78, 5) is 36.6. The summed E-state index contributed by atoms with van der Waals surface area (Å²) in [5.41, 5.74) is 5.63. The fourth-order valence-corrected chi connectivity index (χ4v) is 4.63. The van der Waals surface area contributed by atoms with Crippen LogP contribution in [0.1, 0.15) is 29.0 Å². The molecule has 34 heavy (non-hydrogen) atoms. The van der Waals surface area contributed by atoms with Gasteiger partial charge < -0.3 is 20.5 Å². The van der Waals surface area contributed by atoms with Crippen LogP contribution in [0.3, 0.4) is 0 Å². The second-order valence-corrected chi connectivity index (χ2v) is 8.98. The first-order valence-electron chi connectivity index (χ1n) is 10.7. The fraction of sp³-hybridized carbons (Fsp3) is 0.192. The number of amides is 2. The Hall–Kier alpha value is -3.65. The first-order chi connectivity index (χ1) is 16.3. The number of halogens is 1. The van der Waals surface area contributed by atoms with Crippen LogP contribution in [0.15, 0.2) is 71.2 Å². The molecule has 4 rings (SSSR count). The molecule has 1 atom stereocenters. The Labute approximate surface area is 205 Å². The van der Waals surface area contributed by atoms with Crippen LogP contribution in [0.4, 0.5) is 10.5 Å². The van der Waals surface area contributed by atoms with Gasteiger partial charge in [0.15, 0.2) is 0 Å². The Morgan fingerprint density at radius 1 is 1.00 bits per heavy atom. The molecule has 1 unspecified atom stereocenters. The van der Waals surface area contributed by atoms with E-state index in [-0.39, 0.29) is 12.5 Å². The van der Waals surface area contributed by atoms with Crippen molar-refractivity contribution < 1.29 is 24.2 Å². The molecule has 8 heteroatoms. The normalized spacial score (nSPS) is 12.9. The third kappa shape index (κ3) is 5.12. The van der Waals surface area contributed by atoms with E-state index in [1.165, 1.54) is 0 Å². The average Bonchev–Trinajstić information content (AvgIpc) is 3.12. The molecule has 1 aliphatic carbocycles. The Morgan fingerprint density at radius 3 is 2.21 bits per heavy atom. The van der Waals surface area contributed by atoms with E-state index in [0.717, 1.165) is 32.3 Å². The van der Waals surface area contributed by atoms with E-state index in [1.54, 1.807) is 12.1 Å². The number of aliphatic carboxylic acids is 1. The van der Waals surface area contributed by atoms with Crippen molar-refractivity contribution in [3.63, 3.8) is 0 Å². The van der Waals surface area contributed by atoms with E-state index in [2.05, 4.69) is 26.6 Å². The number of carbonyl (C=O) groups is 3. The average molecular weight is 523 g/mol. The van der Waals surface area contributed by atoms with Crippen molar-refractivity contribution in [1.29, 1.82) is 0 Å². The van der Waals surface area contributed by atoms with Gasteiger partial charge in [-0.1, -0.05) is 64.5 Å². The minimum atomic E-state index is -1.30. The Bertz CT molecular complexity index is 1210. The van der Waals surface area contributed by atoms with Crippen LogP contribution >= 0.6 is 15.9 Å². The van der Waals surface area contributed by atoms with E-state index in [0.29, 0.717) is 5.69 Å². The minimum Gasteiger partial charge on any atom is -0.481 e. The molecule has 174 valence electrons. The smallest absolute Gasteiger partial charge is 0.407 e. The number of nitrogens with one attached hydrogen (secondary N) is 2. The van der Waals surface area contributed by atoms with E-state index < -0.39 is 30.4 Å². The van der Waals surface area contributed by atoms with Crippen LogP contribution in [-0.2, 0) is 14.3 Å². The fourth-order valence-electron chi connectivity index (χ4n) is 4.15. The van der Waals surface area contributed by atoms with Gasteiger partial charge in [-0.25, -0.2) is 4.79 Å². The number of aryl methyl sites for hydroxylation is 1. The summed E-state index contributed by atoms with van der Waals surface area (Å²) in [6, 6.07) is 19.9. The number of carboxylic acids is 1. The third-order valence-corrected chi connectivity index (χ3v) is 6.27. The van der Waals surface area contributed by atoms with E-state index >= 15 is 0 Å². The predicted octanol–water partition coefficient (Wildman–Crippen LogP) is 5.08. The number of benzene rings is 3. The van der Waals surface area contributed by atoms with Crippen molar-refractivity contribution in [2.75, 3.05) is 11.9 Å². The number of carbonyl (C=O) groups excluding carboxylic acids is 2. The SMILES string of the molecule is Cc1cc(Br)ccc1NC(=O)C(CC(=O)O)NC(=O)OCC1c2ccccc2-c2ccccc21. The molecule has 0 aliphatic heterocycles. The van der Waals surface area contributed by atoms with E-state index in [9.17, 15) is 19.5 Å². The summed E-state index contributed by atoms with van der Waals surface area (Å²) in [6.45, 7) is 1.87. The van der Waals surface area contributed by atoms with Crippen LogP contribution in [0.2, 0.25) is 0 Å². The van der Waals surface area contributed by atoms with Gasteiger partial charge in [0.25, 0.3) is 0 Å². The van der Waals surface area contributed by atoms with Gasteiger partial charge in [-0.15, -0.1) is 0 Å². The highest BCUT2D eigenvalue weighted by molar-refractivity contribution is 9.10. The Kier molecular flexibility index (Phi) is 6.98. The molecule has 0 aromatic heterocycles. The van der Waals surface area contributed by atoms with Gasteiger partial charge in [-0.3, -0.25) is 9.59 Å².